The van der Waals surface area contributed by atoms with E-state index in [1.54, 1.807) is 0 Å². The van der Waals surface area contributed by atoms with E-state index >= 15 is 0 Å². The normalized spacial score (nSPS) is 13.3. The average molecular weight is 280 g/mol. The number of nitrogens with one attached hydrogen (secondary N) is 1. The van der Waals surface area contributed by atoms with Gasteiger partial charge in [0.1, 0.15) is 5.82 Å². The molecule has 1 N–H and O–H groups in total. The van der Waals surface area contributed by atoms with Crippen molar-refractivity contribution in [2.75, 3.05) is 24.5 Å². The summed E-state index contributed by atoms with van der Waals surface area (Å²) < 4.78 is 13.0. The molecule has 3 heteroatoms. The van der Waals surface area contributed by atoms with Crippen molar-refractivity contribution in [3.05, 3.63) is 30.1 Å². The molecule has 0 saturated heterocycles. The molecule has 0 saturated carbocycles. The van der Waals surface area contributed by atoms with Gasteiger partial charge in [-0.3, -0.25) is 0 Å². The monoisotopic (exact) mass is 280 g/mol. The first-order valence-corrected chi connectivity index (χ1v) is 7.62. The Hall–Kier alpha value is -1.09. The highest BCUT2D eigenvalue weighted by Gasteiger charge is 2.23. The van der Waals surface area contributed by atoms with Gasteiger partial charge in [0.25, 0.3) is 0 Å². The third-order valence-corrected chi connectivity index (χ3v) is 3.76. The van der Waals surface area contributed by atoms with Crippen molar-refractivity contribution < 1.29 is 4.39 Å². The van der Waals surface area contributed by atoms with Crippen LogP contribution in [0.1, 0.15) is 41.0 Å². The number of halogens is 1. The van der Waals surface area contributed by atoms with E-state index < -0.39 is 0 Å². The van der Waals surface area contributed by atoms with Gasteiger partial charge in [0.05, 0.1) is 0 Å². The second-order valence-corrected chi connectivity index (χ2v) is 6.32. The van der Waals surface area contributed by atoms with Gasteiger partial charge >= 0.3 is 0 Å². The van der Waals surface area contributed by atoms with E-state index in [-0.39, 0.29) is 11.2 Å². The molecular weight excluding hydrogens is 251 g/mol. The van der Waals surface area contributed by atoms with Crippen LogP contribution in [0.5, 0.6) is 0 Å². The largest absolute Gasteiger partial charge is 0.372 e. The number of hydrogen-bond acceptors (Lipinski definition) is 2. The van der Waals surface area contributed by atoms with Crippen LogP contribution in [0.3, 0.4) is 0 Å². The van der Waals surface area contributed by atoms with Crippen LogP contribution in [-0.4, -0.2) is 25.7 Å². The molecule has 0 amide bonds. The fourth-order valence-corrected chi connectivity index (χ4v) is 2.49. The fraction of sp³-hybridized carbons (Fsp3) is 0.647. The van der Waals surface area contributed by atoms with E-state index in [1.165, 1.54) is 12.1 Å². The van der Waals surface area contributed by atoms with Crippen LogP contribution in [0.4, 0.5) is 10.1 Å². The molecule has 1 unspecified atom stereocenters. The summed E-state index contributed by atoms with van der Waals surface area (Å²) in [5, 5.41) is 3.58. The van der Waals surface area contributed by atoms with E-state index in [0.29, 0.717) is 6.04 Å². The molecule has 114 valence electrons. The number of nitrogens with zero attached hydrogens (tertiary/aromatic N) is 1. The quantitative estimate of drug-likeness (QED) is 0.810. The molecule has 1 atom stereocenters. The van der Waals surface area contributed by atoms with E-state index in [4.69, 9.17) is 0 Å². The second-order valence-electron chi connectivity index (χ2n) is 6.32. The molecule has 20 heavy (non-hydrogen) atoms. The third kappa shape index (κ3) is 5.12. The summed E-state index contributed by atoms with van der Waals surface area (Å²) in [6.07, 6.45) is 1.09. The van der Waals surface area contributed by atoms with Crippen molar-refractivity contribution in [2.24, 2.45) is 5.41 Å². The molecule has 1 aromatic carbocycles. The zero-order valence-corrected chi connectivity index (χ0v) is 13.5. The molecule has 0 aliphatic heterocycles. The van der Waals surface area contributed by atoms with Gasteiger partial charge in [-0.15, -0.1) is 0 Å². The second kappa shape index (κ2) is 7.63. The first-order valence-electron chi connectivity index (χ1n) is 7.62. The SMILES string of the molecule is CCNC(CCN(CC)c1ccc(F)cc1)C(C)(C)C. The van der Waals surface area contributed by atoms with E-state index in [2.05, 4.69) is 44.8 Å². The van der Waals surface area contributed by atoms with Crippen LogP contribution in [0.2, 0.25) is 0 Å². The van der Waals surface area contributed by atoms with Crippen molar-refractivity contribution in [3.63, 3.8) is 0 Å². The Morgan fingerprint density at radius 3 is 2.20 bits per heavy atom. The molecule has 2 nitrogen and oxygen atoms in total. The molecule has 0 aliphatic rings. The lowest BCUT2D eigenvalue weighted by Crippen LogP contribution is -2.42. The van der Waals surface area contributed by atoms with Gasteiger partial charge in [-0.05, 0) is 49.6 Å². The van der Waals surface area contributed by atoms with E-state index in [0.717, 1.165) is 31.7 Å². The highest BCUT2D eigenvalue weighted by molar-refractivity contribution is 5.46. The molecule has 0 spiro atoms. The Bertz CT molecular complexity index is 381. The van der Waals surface area contributed by atoms with Crippen molar-refractivity contribution in [3.8, 4) is 0 Å². The smallest absolute Gasteiger partial charge is 0.123 e. The number of anilines is 1. The predicted molar refractivity (Wildman–Crippen MR) is 85.8 cm³/mol. The highest BCUT2D eigenvalue weighted by atomic mass is 19.1. The van der Waals surface area contributed by atoms with Crippen LogP contribution >= 0.6 is 0 Å². The van der Waals surface area contributed by atoms with E-state index in [9.17, 15) is 4.39 Å². The molecule has 0 aliphatic carbocycles. The molecule has 0 heterocycles. The third-order valence-electron chi connectivity index (χ3n) is 3.76. The Labute approximate surface area is 123 Å². The highest BCUT2D eigenvalue weighted by Crippen LogP contribution is 2.23. The lowest BCUT2D eigenvalue weighted by atomic mass is 9.84. The summed E-state index contributed by atoms with van der Waals surface area (Å²) in [7, 11) is 0. The first-order chi connectivity index (χ1) is 9.38. The summed E-state index contributed by atoms with van der Waals surface area (Å²) in [6, 6.07) is 7.27. The van der Waals surface area contributed by atoms with Crippen molar-refractivity contribution >= 4 is 5.69 Å². The minimum absolute atomic E-state index is 0.176. The molecule has 0 radical (unpaired) electrons. The number of benzene rings is 1. The van der Waals surface area contributed by atoms with Gasteiger partial charge < -0.3 is 10.2 Å². The Kier molecular flexibility index (Phi) is 6.47. The standard InChI is InChI=1S/C17H29FN2/c1-6-19-16(17(3,4)5)12-13-20(7-2)15-10-8-14(18)9-11-15/h8-11,16,19H,6-7,12-13H2,1-5H3. The van der Waals surface area contributed by atoms with Gasteiger partial charge in [-0.1, -0.05) is 27.7 Å². The minimum Gasteiger partial charge on any atom is -0.372 e. The van der Waals surface area contributed by atoms with Crippen LogP contribution in [0, 0.1) is 11.2 Å². The average Bonchev–Trinajstić information content (AvgIpc) is 2.38. The van der Waals surface area contributed by atoms with Crippen molar-refractivity contribution in [1.29, 1.82) is 0 Å². The van der Waals surface area contributed by atoms with Gasteiger partial charge in [-0.2, -0.15) is 0 Å². The minimum atomic E-state index is -0.176. The van der Waals surface area contributed by atoms with Gasteiger partial charge in [-0.25, -0.2) is 4.39 Å². The maximum atomic E-state index is 13.0. The lowest BCUT2D eigenvalue weighted by molar-refractivity contribution is 0.260. The van der Waals surface area contributed by atoms with Gasteiger partial charge in [0.15, 0.2) is 0 Å². The summed E-state index contributed by atoms with van der Waals surface area (Å²) in [5.74, 6) is -0.176. The fourth-order valence-electron chi connectivity index (χ4n) is 2.49. The lowest BCUT2D eigenvalue weighted by Gasteiger charge is -2.34. The number of hydrogen-bond donors (Lipinski definition) is 1. The van der Waals surface area contributed by atoms with Gasteiger partial charge in [0.2, 0.25) is 0 Å². The predicted octanol–water partition coefficient (Wildman–Crippen LogP) is 4.07. The maximum Gasteiger partial charge on any atom is 0.123 e. The summed E-state index contributed by atoms with van der Waals surface area (Å²) in [5.41, 5.74) is 1.34. The number of rotatable bonds is 7. The summed E-state index contributed by atoms with van der Waals surface area (Å²) in [6.45, 7) is 14.0. The Morgan fingerprint density at radius 1 is 1.15 bits per heavy atom. The zero-order chi connectivity index (χ0) is 15.2. The summed E-state index contributed by atoms with van der Waals surface area (Å²) in [4.78, 5) is 2.30. The van der Waals surface area contributed by atoms with Crippen LogP contribution in [0.25, 0.3) is 0 Å². The maximum absolute atomic E-state index is 13.0. The molecule has 1 rings (SSSR count). The van der Waals surface area contributed by atoms with E-state index in [1.807, 2.05) is 12.1 Å². The molecule has 0 bridgehead atoms. The van der Waals surface area contributed by atoms with Crippen molar-refractivity contribution in [1.82, 2.24) is 5.32 Å². The summed E-state index contributed by atoms with van der Waals surface area (Å²) >= 11 is 0. The topological polar surface area (TPSA) is 15.3 Å². The van der Waals surface area contributed by atoms with Crippen LogP contribution in [-0.2, 0) is 0 Å². The van der Waals surface area contributed by atoms with Crippen LogP contribution < -0.4 is 10.2 Å². The first kappa shape index (κ1) is 17.0. The Morgan fingerprint density at radius 2 is 1.75 bits per heavy atom. The molecule has 1 aromatic rings. The van der Waals surface area contributed by atoms with Crippen molar-refractivity contribution in [2.45, 2.75) is 47.1 Å². The Balaban J connectivity index is 2.66. The molecule has 0 fully saturated rings. The molecule has 0 aromatic heterocycles. The molecular formula is C17H29FN2. The van der Waals surface area contributed by atoms with Gasteiger partial charge in [0, 0.05) is 24.8 Å². The van der Waals surface area contributed by atoms with Crippen LogP contribution in [0.15, 0.2) is 24.3 Å². The zero-order valence-electron chi connectivity index (χ0n) is 13.5.